The van der Waals surface area contributed by atoms with Crippen LogP contribution in [0.4, 0.5) is 0 Å². The monoisotopic (exact) mass is 866 g/mol. The van der Waals surface area contributed by atoms with Crippen molar-refractivity contribution >= 4 is 102 Å². The third-order valence-electron chi connectivity index (χ3n) is 5.24. The minimum Gasteiger partial charge on any atom is -0.819 e. The van der Waals surface area contributed by atoms with Crippen LogP contribution < -0.4 is 14.7 Å². The van der Waals surface area contributed by atoms with Crippen LogP contribution >= 0.6 is 17.1 Å². The Labute approximate surface area is 308 Å². The molecule has 0 bridgehead atoms. The molecule has 0 aliphatic carbocycles. The summed E-state index contributed by atoms with van der Waals surface area (Å²) in [4.78, 5) is 32.3. The zero-order chi connectivity index (χ0) is 32.5. The SMILES string of the molecule is CCCCCCCCOP([O-])(=S)[S-].CCCCCCCCOP([O-])(=S)[S-].CCCCCCCCOP([O-])(=S)[S-].O=S.[Mo]. The average Bonchev–Trinajstić information content (AvgIpc) is 2.87. The topological polar surface area (TPSA) is 114 Å². The molecule has 0 rings (SSSR count). The van der Waals surface area contributed by atoms with Crippen molar-refractivity contribution in [2.45, 2.75) is 136 Å². The molecule has 0 spiro atoms. The normalized spacial score (nSPS) is 14.6. The van der Waals surface area contributed by atoms with Gasteiger partial charge in [0, 0.05) is 40.9 Å². The van der Waals surface area contributed by atoms with Gasteiger partial charge in [-0.1, -0.05) is 117 Å². The molecule has 0 saturated carbocycles. The van der Waals surface area contributed by atoms with Crippen molar-refractivity contribution in [1.29, 1.82) is 0 Å². The summed E-state index contributed by atoms with van der Waals surface area (Å²) in [7, 11) is 0. The second kappa shape index (κ2) is 40.6. The third kappa shape index (κ3) is 70.0. The summed E-state index contributed by atoms with van der Waals surface area (Å²) in [6.07, 6.45) is 21.2. The van der Waals surface area contributed by atoms with Gasteiger partial charge >= 0.3 is 0 Å². The van der Waals surface area contributed by atoms with E-state index in [0.717, 1.165) is 38.5 Å². The Morgan fingerprint density at radius 1 is 0.452 bits per heavy atom. The molecule has 0 aromatic rings. The van der Waals surface area contributed by atoms with Crippen LogP contribution in [0.1, 0.15) is 136 Å². The molecule has 0 radical (unpaired) electrons. The fourth-order valence-electron chi connectivity index (χ4n) is 3.18. The van der Waals surface area contributed by atoms with E-state index in [-0.39, 0.29) is 21.1 Å². The van der Waals surface area contributed by atoms with E-state index >= 15 is 0 Å². The standard InChI is InChI=1S/3C8H19O2PS2.Mo.OS/c3*1-2-3-4-5-6-7-8-10-11(9,12)13;;1-2/h3*2-8H2,1H3,(H2,9,12,13);;/p-6. The van der Waals surface area contributed by atoms with E-state index in [1.807, 2.05) is 0 Å². The zero-order valence-corrected chi connectivity index (χ0v) is 35.7. The van der Waals surface area contributed by atoms with E-state index in [1.165, 1.54) is 77.0 Å². The van der Waals surface area contributed by atoms with E-state index in [1.54, 1.807) is 0 Å². The minimum atomic E-state index is -3.06. The summed E-state index contributed by atoms with van der Waals surface area (Å²) >= 11 is 29.5. The van der Waals surface area contributed by atoms with Crippen LogP contribution in [0.25, 0.3) is 0 Å². The van der Waals surface area contributed by atoms with E-state index in [0.29, 0.717) is 19.8 Å². The van der Waals surface area contributed by atoms with Crippen molar-refractivity contribution in [3.05, 3.63) is 0 Å². The smallest absolute Gasteiger partial charge is 0.197 e. The van der Waals surface area contributed by atoms with Gasteiger partial charge in [0.15, 0.2) is 12.5 Å². The number of rotatable bonds is 24. The summed E-state index contributed by atoms with van der Waals surface area (Å²) in [5.74, 6) is 0. The van der Waals surface area contributed by atoms with Gasteiger partial charge in [0.25, 0.3) is 0 Å². The first-order chi connectivity index (χ1) is 19.2. The zero-order valence-electron chi connectivity index (χ0n) is 25.3. The third-order valence-corrected chi connectivity index (χ3v) is 8.64. The molecule has 0 aliphatic heterocycles. The molecule has 42 heavy (non-hydrogen) atoms. The molecule has 258 valence electrons. The van der Waals surface area contributed by atoms with Crippen LogP contribution in [-0.2, 0) is 119 Å². The fourth-order valence-corrected chi connectivity index (χ4v) is 5.58. The predicted octanol–water partition coefficient (Wildman–Crippen LogP) is 7.15. The van der Waals surface area contributed by atoms with Gasteiger partial charge in [-0.15, -0.1) is 52.5 Å². The summed E-state index contributed by atoms with van der Waals surface area (Å²) in [5, 5.41) is 0. The summed E-state index contributed by atoms with van der Waals surface area (Å²) in [6, 6.07) is 0. The first-order valence-electron chi connectivity index (χ1n) is 14.3. The van der Waals surface area contributed by atoms with Crippen LogP contribution in [0.15, 0.2) is 0 Å². The predicted molar refractivity (Wildman–Crippen MR) is 191 cm³/mol. The molecular formula is C24H51MoO7P3S7-6. The number of hydrogen-bond donors (Lipinski definition) is 0. The molecule has 18 heteroatoms. The molecule has 0 heterocycles. The van der Waals surface area contributed by atoms with Crippen molar-refractivity contribution in [2.24, 2.45) is 0 Å². The van der Waals surface area contributed by atoms with E-state index < -0.39 is 17.1 Å². The molecule has 0 fully saturated rings. The van der Waals surface area contributed by atoms with Crippen LogP contribution in [0, 0.1) is 0 Å². The van der Waals surface area contributed by atoms with Crippen molar-refractivity contribution in [3.63, 3.8) is 0 Å². The second-order valence-corrected chi connectivity index (χ2v) is 23.3. The molecule has 3 atom stereocenters. The van der Waals surface area contributed by atoms with Crippen molar-refractivity contribution in [2.75, 3.05) is 19.8 Å². The van der Waals surface area contributed by atoms with Gasteiger partial charge in [-0.05, 0) is 19.3 Å². The Kier molecular flexibility index (Phi) is 53.1. The van der Waals surface area contributed by atoms with Gasteiger partial charge < -0.3 is 65.0 Å². The molecular weight excluding hydrogens is 814 g/mol. The van der Waals surface area contributed by atoms with Crippen molar-refractivity contribution in [3.8, 4) is 0 Å². The number of unbranched alkanes of at least 4 members (excludes halogenated alkanes) is 15. The van der Waals surface area contributed by atoms with Crippen LogP contribution in [0.2, 0.25) is 0 Å². The summed E-state index contributed by atoms with van der Waals surface area (Å²) in [6.45, 7) is 7.93. The largest absolute Gasteiger partial charge is 0.819 e. The van der Waals surface area contributed by atoms with Gasteiger partial charge in [-0.2, -0.15) is 4.21 Å². The molecule has 7 nitrogen and oxygen atoms in total. The molecule has 0 saturated heterocycles. The van der Waals surface area contributed by atoms with Crippen molar-refractivity contribution < 1.29 is 53.5 Å². The molecule has 3 unspecified atom stereocenters. The Morgan fingerprint density at radius 2 is 0.619 bits per heavy atom. The Bertz CT molecular complexity index is 587. The maximum atomic E-state index is 10.8. The maximum absolute atomic E-state index is 10.8. The first kappa shape index (κ1) is 54.9. The molecule has 0 amide bonds. The minimum absolute atomic E-state index is 0. The molecule has 0 aromatic carbocycles. The van der Waals surface area contributed by atoms with Gasteiger partial charge in [0.2, 0.25) is 0 Å². The van der Waals surface area contributed by atoms with Crippen LogP contribution in [-0.4, -0.2) is 24.0 Å². The van der Waals surface area contributed by atoms with Gasteiger partial charge in [0.05, 0.1) is 0 Å². The van der Waals surface area contributed by atoms with Gasteiger partial charge in [-0.3, -0.25) is 0 Å². The van der Waals surface area contributed by atoms with Gasteiger partial charge in [0.1, 0.15) is 0 Å². The Hall–Kier alpha value is 3.47. The van der Waals surface area contributed by atoms with Crippen molar-refractivity contribution in [1.82, 2.24) is 0 Å². The second-order valence-electron chi connectivity index (χ2n) is 9.14. The fraction of sp³-hybridized carbons (Fsp3) is 1.00. The average molecular weight is 865 g/mol. The first-order valence-corrected chi connectivity index (χ1v) is 25.6. The maximum Gasteiger partial charge on any atom is 0.197 e. The molecule has 0 aliphatic rings. The summed E-state index contributed by atoms with van der Waals surface area (Å²) < 4.78 is 22.3. The number of hydrogen-bond acceptors (Lipinski definition) is 14. The van der Waals surface area contributed by atoms with E-state index in [4.69, 9.17) is 17.8 Å². The van der Waals surface area contributed by atoms with Crippen LogP contribution in [0.5, 0.6) is 0 Å². The van der Waals surface area contributed by atoms with Gasteiger partial charge in [-0.25, -0.2) is 0 Å². The van der Waals surface area contributed by atoms with Crippen LogP contribution in [0.3, 0.4) is 0 Å². The Balaban J connectivity index is -0.000000156. The van der Waals surface area contributed by atoms with E-state index in [9.17, 15) is 14.7 Å². The quantitative estimate of drug-likeness (QED) is 0.0424. The Morgan fingerprint density at radius 3 is 0.786 bits per heavy atom. The van der Waals surface area contributed by atoms with E-state index in [2.05, 4.69) is 105 Å². The summed E-state index contributed by atoms with van der Waals surface area (Å²) in [5.41, 5.74) is -9.18. The molecule has 0 N–H and O–H groups in total. The molecule has 0 aromatic heterocycles.